The molecule has 3 heteroatoms. The summed E-state index contributed by atoms with van der Waals surface area (Å²) in [6.45, 7) is 0.571. The first-order valence-corrected chi connectivity index (χ1v) is 7.86. The Morgan fingerprint density at radius 1 is 0.833 bits per heavy atom. The molecular formula is C15H29NO2. The van der Waals surface area contributed by atoms with Crippen LogP contribution in [0.4, 0.5) is 0 Å². The lowest BCUT2D eigenvalue weighted by molar-refractivity contribution is 0.00725. The zero-order valence-electron chi connectivity index (χ0n) is 11.6. The lowest BCUT2D eigenvalue weighted by Crippen LogP contribution is -2.49. The van der Waals surface area contributed by atoms with Gasteiger partial charge in [-0.1, -0.05) is 38.5 Å². The quantitative estimate of drug-likeness (QED) is 0.792. The number of rotatable bonds is 5. The number of nitrogens with zero attached hydrogens (tertiary/aromatic N) is 1. The first-order valence-electron chi connectivity index (χ1n) is 7.86. The van der Waals surface area contributed by atoms with Crippen LogP contribution >= 0.6 is 0 Å². The van der Waals surface area contributed by atoms with Crippen molar-refractivity contribution in [2.75, 3.05) is 13.2 Å². The van der Waals surface area contributed by atoms with Gasteiger partial charge in [0.1, 0.15) is 0 Å². The SMILES string of the molecule is OCC(O)CN(C1CCCCC1)C1CCCCC1. The van der Waals surface area contributed by atoms with E-state index < -0.39 is 6.10 Å². The van der Waals surface area contributed by atoms with Crippen molar-refractivity contribution in [3.8, 4) is 0 Å². The first-order chi connectivity index (χ1) is 8.81. The van der Waals surface area contributed by atoms with Crippen molar-refractivity contribution < 1.29 is 10.2 Å². The van der Waals surface area contributed by atoms with Crippen LogP contribution in [-0.4, -0.2) is 46.5 Å². The van der Waals surface area contributed by atoms with E-state index in [1.807, 2.05) is 0 Å². The Kier molecular flexibility index (Phi) is 5.93. The van der Waals surface area contributed by atoms with E-state index in [0.717, 1.165) is 0 Å². The molecule has 106 valence electrons. The van der Waals surface area contributed by atoms with E-state index in [-0.39, 0.29) is 6.61 Å². The molecule has 1 atom stereocenters. The van der Waals surface area contributed by atoms with E-state index in [1.54, 1.807) is 0 Å². The van der Waals surface area contributed by atoms with Gasteiger partial charge in [-0.05, 0) is 25.7 Å². The number of aliphatic hydroxyl groups excluding tert-OH is 2. The molecule has 2 aliphatic rings. The Morgan fingerprint density at radius 3 is 1.67 bits per heavy atom. The molecule has 2 aliphatic carbocycles. The van der Waals surface area contributed by atoms with Gasteiger partial charge in [-0.25, -0.2) is 0 Å². The Labute approximate surface area is 111 Å². The second-order valence-corrected chi connectivity index (χ2v) is 6.12. The molecule has 1 unspecified atom stereocenters. The van der Waals surface area contributed by atoms with Gasteiger partial charge >= 0.3 is 0 Å². The van der Waals surface area contributed by atoms with Gasteiger partial charge in [0.05, 0.1) is 12.7 Å². The van der Waals surface area contributed by atoms with Crippen molar-refractivity contribution in [1.82, 2.24) is 4.90 Å². The Balaban J connectivity index is 1.95. The molecule has 2 N–H and O–H groups in total. The lowest BCUT2D eigenvalue weighted by atomic mass is 9.88. The van der Waals surface area contributed by atoms with E-state index in [9.17, 15) is 5.11 Å². The smallest absolute Gasteiger partial charge is 0.0897 e. The highest BCUT2D eigenvalue weighted by Crippen LogP contribution is 2.30. The predicted molar refractivity (Wildman–Crippen MR) is 73.5 cm³/mol. The fraction of sp³-hybridized carbons (Fsp3) is 1.00. The van der Waals surface area contributed by atoms with E-state index in [0.29, 0.717) is 18.6 Å². The molecule has 0 bridgehead atoms. The zero-order chi connectivity index (χ0) is 12.8. The number of hydrogen-bond donors (Lipinski definition) is 2. The van der Waals surface area contributed by atoms with E-state index >= 15 is 0 Å². The van der Waals surface area contributed by atoms with Crippen LogP contribution in [0, 0.1) is 0 Å². The van der Waals surface area contributed by atoms with Crippen molar-refractivity contribution in [2.24, 2.45) is 0 Å². The van der Waals surface area contributed by atoms with Gasteiger partial charge < -0.3 is 10.2 Å². The molecule has 0 saturated heterocycles. The van der Waals surface area contributed by atoms with E-state index in [1.165, 1.54) is 64.2 Å². The van der Waals surface area contributed by atoms with Gasteiger partial charge in [0, 0.05) is 18.6 Å². The molecule has 0 aliphatic heterocycles. The van der Waals surface area contributed by atoms with Crippen molar-refractivity contribution in [3.63, 3.8) is 0 Å². The minimum atomic E-state index is -0.561. The topological polar surface area (TPSA) is 43.7 Å². The summed E-state index contributed by atoms with van der Waals surface area (Å²) in [6, 6.07) is 1.31. The van der Waals surface area contributed by atoms with Crippen molar-refractivity contribution in [3.05, 3.63) is 0 Å². The van der Waals surface area contributed by atoms with Crippen molar-refractivity contribution in [2.45, 2.75) is 82.4 Å². The van der Waals surface area contributed by atoms with E-state index in [4.69, 9.17) is 5.11 Å². The van der Waals surface area contributed by atoms with Crippen LogP contribution in [0.5, 0.6) is 0 Å². The first kappa shape index (κ1) is 14.3. The maximum atomic E-state index is 9.80. The van der Waals surface area contributed by atoms with Gasteiger partial charge in [-0.3, -0.25) is 4.90 Å². The van der Waals surface area contributed by atoms with Gasteiger partial charge in [0.2, 0.25) is 0 Å². The maximum Gasteiger partial charge on any atom is 0.0897 e. The molecule has 0 spiro atoms. The van der Waals surface area contributed by atoms with Gasteiger partial charge in [0.25, 0.3) is 0 Å². The standard InChI is InChI=1S/C15H29NO2/c17-12-15(18)11-16(13-7-3-1-4-8-13)14-9-5-2-6-10-14/h13-15,17-18H,1-12H2. The van der Waals surface area contributed by atoms with Crippen LogP contribution in [0.25, 0.3) is 0 Å². The molecule has 0 amide bonds. The molecule has 3 nitrogen and oxygen atoms in total. The lowest BCUT2D eigenvalue weighted by Gasteiger charge is -2.42. The van der Waals surface area contributed by atoms with Crippen LogP contribution in [0.1, 0.15) is 64.2 Å². The molecule has 0 aromatic carbocycles. The summed E-state index contributed by atoms with van der Waals surface area (Å²) < 4.78 is 0. The highest BCUT2D eigenvalue weighted by Gasteiger charge is 2.29. The van der Waals surface area contributed by atoms with Crippen molar-refractivity contribution >= 4 is 0 Å². The van der Waals surface area contributed by atoms with Crippen molar-refractivity contribution in [1.29, 1.82) is 0 Å². The molecule has 2 saturated carbocycles. The fourth-order valence-corrected chi connectivity index (χ4v) is 3.72. The Morgan fingerprint density at radius 2 is 1.28 bits per heavy atom. The second kappa shape index (κ2) is 7.46. The maximum absolute atomic E-state index is 9.80. The third kappa shape index (κ3) is 3.94. The summed E-state index contributed by atoms with van der Waals surface area (Å²) >= 11 is 0. The molecular weight excluding hydrogens is 226 g/mol. The average Bonchev–Trinajstić information content (AvgIpc) is 2.46. The summed E-state index contributed by atoms with van der Waals surface area (Å²) in [6.07, 6.45) is 12.7. The largest absolute Gasteiger partial charge is 0.394 e. The number of aliphatic hydroxyl groups is 2. The minimum Gasteiger partial charge on any atom is -0.394 e. The summed E-state index contributed by atoms with van der Waals surface area (Å²) in [5, 5.41) is 18.9. The minimum absolute atomic E-state index is 0.101. The van der Waals surface area contributed by atoms with Crippen LogP contribution in [0.2, 0.25) is 0 Å². The summed E-state index contributed by atoms with van der Waals surface area (Å²) in [4.78, 5) is 2.54. The third-order valence-electron chi connectivity index (χ3n) is 4.72. The molecule has 0 aromatic heterocycles. The van der Waals surface area contributed by atoms with Gasteiger partial charge in [0.15, 0.2) is 0 Å². The van der Waals surface area contributed by atoms with E-state index in [2.05, 4.69) is 4.90 Å². The summed E-state index contributed by atoms with van der Waals surface area (Å²) in [5.41, 5.74) is 0. The summed E-state index contributed by atoms with van der Waals surface area (Å²) in [7, 11) is 0. The third-order valence-corrected chi connectivity index (χ3v) is 4.72. The zero-order valence-corrected chi connectivity index (χ0v) is 11.6. The summed E-state index contributed by atoms with van der Waals surface area (Å²) in [5.74, 6) is 0. The monoisotopic (exact) mass is 255 g/mol. The molecule has 2 rings (SSSR count). The Bertz CT molecular complexity index is 205. The molecule has 2 fully saturated rings. The van der Waals surface area contributed by atoms with Crippen LogP contribution < -0.4 is 0 Å². The molecule has 0 radical (unpaired) electrons. The highest BCUT2D eigenvalue weighted by atomic mass is 16.3. The number of hydrogen-bond acceptors (Lipinski definition) is 3. The van der Waals surface area contributed by atoms with Crippen LogP contribution in [0.3, 0.4) is 0 Å². The molecule has 18 heavy (non-hydrogen) atoms. The normalized spacial score (nSPS) is 25.5. The van der Waals surface area contributed by atoms with Crippen LogP contribution in [-0.2, 0) is 0 Å². The molecule has 0 aromatic rings. The average molecular weight is 255 g/mol. The fourth-order valence-electron chi connectivity index (χ4n) is 3.72. The highest BCUT2D eigenvalue weighted by molar-refractivity contribution is 4.85. The Hall–Kier alpha value is -0.120. The molecule has 0 heterocycles. The second-order valence-electron chi connectivity index (χ2n) is 6.12. The predicted octanol–water partition coefficient (Wildman–Crippen LogP) is 2.31. The van der Waals surface area contributed by atoms with Crippen LogP contribution in [0.15, 0.2) is 0 Å². The van der Waals surface area contributed by atoms with Gasteiger partial charge in [-0.2, -0.15) is 0 Å². The van der Waals surface area contributed by atoms with Gasteiger partial charge in [-0.15, -0.1) is 0 Å².